The molecule has 0 aliphatic heterocycles. The lowest BCUT2D eigenvalue weighted by Gasteiger charge is -2.09. The van der Waals surface area contributed by atoms with Gasteiger partial charge < -0.3 is 15.0 Å². The van der Waals surface area contributed by atoms with Gasteiger partial charge in [0.1, 0.15) is 5.75 Å². The van der Waals surface area contributed by atoms with Crippen LogP contribution in [0.3, 0.4) is 0 Å². The quantitative estimate of drug-likeness (QED) is 0.794. The third-order valence-corrected chi connectivity index (χ3v) is 3.19. The van der Waals surface area contributed by atoms with E-state index in [2.05, 4.69) is 15.4 Å². The van der Waals surface area contributed by atoms with Gasteiger partial charge in [-0.25, -0.2) is 0 Å². The van der Waals surface area contributed by atoms with Crippen LogP contribution in [-0.4, -0.2) is 22.5 Å². The Morgan fingerprint density at radius 1 is 1.19 bits per heavy atom. The Balaban J connectivity index is 2.24. The summed E-state index contributed by atoms with van der Waals surface area (Å²) in [5, 5.41) is 11.5. The van der Waals surface area contributed by atoms with Crippen molar-refractivity contribution in [2.24, 2.45) is 0 Å². The molecule has 0 aliphatic carbocycles. The van der Waals surface area contributed by atoms with E-state index in [1.807, 2.05) is 25.1 Å². The number of rotatable bonds is 3. The number of ether oxygens (including phenoxy) is 1. The molecule has 0 fully saturated rings. The third-order valence-electron chi connectivity index (χ3n) is 3.19. The van der Waals surface area contributed by atoms with E-state index in [4.69, 9.17) is 15.0 Å². The first-order valence-electron chi connectivity index (χ1n) is 6.38. The van der Waals surface area contributed by atoms with E-state index >= 15 is 0 Å². The maximum Gasteiger partial charge on any atom is 0.178 e. The Morgan fingerprint density at radius 2 is 2.05 bits per heavy atom. The number of aryl methyl sites for hydroxylation is 1. The van der Waals surface area contributed by atoms with E-state index in [9.17, 15) is 0 Å². The van der Waals surface area contributed by atoms with Crippen LogP contribution < -0.4 is 10.5 Å². The van der Waals surface area contributed by atoms with Gasteiger partial charge in [0, 0.05) is 11.1 Å². The summed E-state index contributed by atoms with van der Waals surface area (Å²) < 4.78 is 10.8. The van der Waals surface area contributed by atoms with Gasteiger partial charge in [0.2, 0.25) is 0 Å². The fourth-order valence-electron chi connectivity index (χ4n) is 2.20. The SMILES string of the molecule is COc1ccc(C)cc1-c1c(N)noc1-c1ccnnc1. The van der Waals surface area contributed by atoms with E-state index in [0.29, 0.717) is 22.9 Å². The predicted octanol–water partition coefficient (Wildman–Crippen LogP) is 2.70. The summed E-state index contributed by atoms with van der Waals surface area (Å²) in [7, 11) is 1.62. The molecule has 0 amide bonds. The lowest BCUT2D eigenvalue weighted by atomic mass is 10.00. The van der Waals surface area contributed by atoms with Crippen molar-refractivity contribution < 1.29 is 9.26 Å². The molecule has 0 unspecified atom stereocenters. The van der Waals surface area contributed by atoms with Crippen LogP contribution >= 0.6 is 0 Å². The van der Waals surface area contributed by atoms with Crippen LogP contribution in [-0.2, 0) is 0 Å². The molecule has 0 spiro atoms. The Bertz CT molecular complexity index is 769. The molecule has 2 aromatic heterocycles. The van der Waals surface area contributed by atoms with Crippen LogP contribution in [0.5, 0.6) is 5.75 Å². The van der Waals surface area contributed by atoms with E-state index < -0.39 is 0 Å². The van der Waals surface area contributed by atoms with Crippen molar-refractivity contribution in [3.8, 4) is 28.2 Å². The van der Waals surface area contributed by atoms with E-state index in [1.54, 1.807) is 25.6 Å². The minimum Gasteiger partial charge on any atom is -0.496 e. The van der Waals surface area contributed by atoms with Crippen LogP contribution in [0.25, 0.3) is 22.5 Å². The smallest absolute Gasteiger partial charge is 0.178 e. The number of hydrogen-bond donors (Lipinski definition) is 1. The van der Waals surface area contributed by atoms with Gasteiger partial charge in [0.25, 0.3) is 0 Å². The highest BCUT2D eigenvalue weighted by molar-refractivity contribution is 5.89. The first kappa shape index (κ1) is 13.1. The topological polar surface area (TPSA) is 87.1 Å². The van der Waals surface area contributed by atoms with E-state index in [0.717, 1.165) is 16.7 Å². The standard InChI is InChI=1S/C15H14N4O2/c1-9-3-4-12(20-2)11(7-9)13-14(21-19-15(13)16)10-5-6-17-18-8-10/h3-8H,1-2H3,(H2,16,19). The van der Waals surface area contributed by atoms with Gasteiger partial charge in [-0.2, -0.15) is 10.2 Å². The highest BCUT2D eigenvalue weighted by Crippen LogP contribution is 2.41. The molecule has 0 atom stereocenters. The van der Waals surface area contributed by atoms with Crippen LogP contribution in [0.1, 0.15) is 5.56 Å². The molecule has 0 radical (unpaired) electrons. The Labute approximate surface area is 121 Å². The molecular weight excluding hydrogens is 268 g/mol. The summed E-state index contributed by atoms with van der Waals surface area (Å²) in [5.41, 5.74) is 9.37. The molecular formula is C15H14N4O2. The number of nitrogens with zero attached hydrogens (tertiary/aromatic N) is 3. The average molecular weight is 282 g/mol. The summed E-state index contributed by atoms with van der Waals surface area (Å²) in [4.78, 5) is 0. The van der Waals surface area contributed by atoms with Crippen molar-refractivity contribution in [2.45, 2.75) is 6.92 Å². The van der Waals surface area contributed by atoms with Crippen molar-refractivity contribution in [1.29, 1.82) is 0 Å². The normalized spacial score (nSPS) is 10.6. The number of methoxy groups -OCH3 is 1. The maximum absolute atomic E-state index is 5.99. The Morgan fingerprint density at radius 3 is 2.76 bits per heavy atom. The Hall–Kier alpha value is -2.89. The number of anilines is 1. The van der Waals surface area contributed by atoms with Gasteiger partial charge >= 0.3 is 0 Å². The summed E-state index contributed by atoms with van der Waals surface area (Å²) in [5.74, 6) is 1.57. The zero-order valence-electron chi connectivity index (χ0n) is 11.7. The van der Waals surface area contributed by atoms with Crippen molar-refractivity contribution in [1.82, 2.24) is 15.4 Å². The van der Waals surface area contributed by atoms with Gasteiger partial charge in [-0.15, -0.1) is 0 Å². The molecule has 0 bridgehead atoms. The van der Waals surface area contributed by atoms with Crippen LogP contribution in [0.2, 0.25) is 0 Å². The molecule has 6 heteroatoms. The molecule has 0 aliphatic rings. The van der Waals surface area contributed by atoms with Gasteiger partial charge in [0.05, 0.1) is 25.1 Å². The number of aromatic nitrogens is 3. The fourth-order valence-corrected chi connectivity index (χ4v) is 2.20. The van der Waals surface area contributed by atoms with Gasteiger partial charge in [0.15, 0.2) is 11.6 Å². The zero-order chi connectivity index (χ0) is 14.8. The molecule has 106 valence electrons. The molecule has 0 saturated carbocycles. The van der Waals surface area contributed by atoms with Crippen molar-refractivity contribution >= 4 is 5.82 Å². The molecule has 1 aromatic carbocycles. The number of nitrogen functional groups attached to an aromatic ring is 1. The lowest BCUT2D eigenvalue weighted by Crippen LogP contribution is -1.93. The van der Waals surface area contributed by atoms with E-state index in [-0.39, 0.29) is 0 Å². The Kier molecular flexibility index (Phi) is 3.27. The van der Waals surface area contributed by atoms with Crippen LogP contribution in [0, 0.1) is 6.92 Å². The minimum absolute atomic E-state index is 0.311. The van der Waals surface area contributed by atoms with Crippen molar-refractivity contribution in [3.05, 3.63) is 42.2 Å². The molecule has 21 heavy (non-hydrogen) atoms. The monoisotopic (exact) mass is 282 g/mol. The molecule has 3 rings (SSSR count). The van der Waals surface area contributed by atoms with Gasteiger partial charge in [-0.1, -0.05) is 16.8 Å². The fraction of sp³-hybridized carbons (Fsp3) is 0.133. The van der Waals surface area contributed by atoms with Crippen LogP contribution in [0.4, 0.5) is 5.82 Å². The maximum atomic E-state index is 5.99. The highest BCUT2D eigenvalue weighted by Gasteiger charge is 2.21. The minimum atomic E-state index is 0.311. The summed E-state index contributed by atoms with van der Waals surface area (Å²) in [6.07, 6.45) is 3.19. The molecule has 2 heterocycles. The second-order valence-corrected chi connectivity index (χ2v) is 4.61. The first-order valence-corrected chi connectivity index (χ1v) is 6.38. The van der Waals surface area contributed by atoms with Crippen molar-refractivity contribution in [3.63, 3.8) is 0 Å². The molecule has 0 saturated heterocycles. The van der Waals surface area contributed by atoms with E-state index in [1.165, 1.54) is 0 Å². The van der Waals surface area contributed by atoms with Gasteiger partial charge in [-0.3, -0.25) is 0 Å². The average Bonchev–Trinajstić information content (AvgIpc) is 2.89. The summed E-state index contributed by atoms with van der Waals surface area (Å²) >= 11 is 0. The lowest BCUT2D eigenvalue weighted by molar-refractivity contribution is 0.416. The predicted molar refractivity (Wildman–Crippen MR) is 78.7 cm³/mol. The number of hydrogen-bond acceptors (Lipinski definition) is 6. The van der Waals surface area contributed by atoms with Gasteiger partial charge in [-0.05, 0) is 25.1 Å². The number of nitrogens with two attached hydrogens (primary N) is 1. The summed E-state index contributed by atoms with van der Waals surface area (Å²) in [6.45, 7) is 2.00. The largest absolute Gasteiger partial charge is 0.496 e. The van der Waals surface area contributed by atoms with Crippen LogP contribution in [0.15, 0.2) is 41.2 Å². The second-order valence-electron chi connectivity index (χ2n) is 4.61. The first-order chi connectivity index (χ1) is 10.2. The highest BCUT2D eigenvalue weighted by atomic mass is 16.5. The van der Waals surface area contributed by atoms with Crippen molar-refractivity contribution in [2.75, 3.05) is 12.8 Å². The molecule has 6 nitrogen and oxygen atoms in total. The third kappa shape index (κ3) is 2.31. The molecule has 2 N–H and O–H groups in total. The molecule has 3 aromatic rings. The summed E-state index contributed by atoms with van der Waals surface area (Å²) in [6, 6.07) is 7.64. The zero-order valence-corrected chi connectivity index (χ0v) is 11.7. The number of benzene rings is 1. The second kappa shape index (κ2) is 5.24.